The van der Waals surface area contributed by atoms with Crippen LogP contribution in [0.15, 0.2) is 30.6 Å². The SMILES string of the molecule is CCN(CC)c1ncc(C(=O)Nc2ccc(OC)c(Cl)c2)cn1. The molecule has 1 N–H and O–H groups in total. The summed E-state index contributed by atoms with van der Waals surface area (Å²) >= 11 is 6.04. The third kappa shape index (κ3) is 4.10. The fourth-order valence-corrected chi connectivity index (χ4v) is 2.31. The number of aromatic nitrogens is 2. The van der Waals surface area contributed by atoms with Crippen molar-refractivity contribution in [2.45, 2.75) is 13.8 Å². The summed E-state index contributed by atoms with van der Waals surface area (Å²) < 4.78 is 5.08. The fraction of sp³-hybridized carbons (Fsp3) is 0.312. The lowest BCUT2D eigenvalue weighted by molar-refractivity contribution is 0.102. The van der Waals surface area contributed by atoms with E-state index in [1.54, 1.807) is 18.2 Å². The molecule has 0 atom stereocenters. The molecular weight excluding hydrogens is 316 g/mol. The largest absolute Gasteiger partial charge is 0.495 e. The van der Waals surface area contributed by atoms with Crippen molar-refractivity contribution in [3.63, 3.8) is 0 Å². The molecule has 0 spiro atoms. The molecule has 0 fully saturated rings. The van der Waals surface area contributed by atoms with Crippen LogP contribution >= 0.6 is 11.6 Å². The number of hydrogen-bond donors (Lipinski definition) is 1. The summed E-state index contributed by atoms with van der Waals surface area (Å²) in [5, 5.41) is 3.18. The van der Waals surface area contributed by atoms with Crippen LogP contribution in [0.3, 0.4) is 0 Å². The second-order valence-electron chi connectivity index (χ2n) is 4.75. The minimum Gasteiger partial charge on any atom is -0.495 e. The number of halogens is 1. The van der Waals surface area contributed by atoms with E-state index < -0.39 is 0 Å². The number of anilines is 2. The number of nitrogens with zero attached hydrogens (tertiary/aromatic N) is 3. The summed E-state index contributed by atoms with van der Waals surface area (Å²) in [6.45, 7) is 5.68. The minimum atomic E-state index is -0.294. The lowest BCUT2D eigenvalue weighted by Crippen LogP contribution is -2.24. The van der Waals surface area contributed by atoms with Crippen molar-refractivity contribution >= 4 is 29.1 Å². The molecule has 122 valence electrons. The Labute approximate surface area is 140 Å². The molecule has 2 aromatic rings. The predicted molar refractivity (Wildman–Crippen MR) is 91.6 cm³/mol. The van der Waals surface area contributed by atoms with Gasteiger partial charge in [0.15, 0.2) is 0 Å². The number of hydrogen-bond acceptors (Lipinski definition) is 5. The molecule has 1 heterocycles. The van der Waals surface area contributed by atoms with Crippen molar-refractivity contribution in [3.05, 3.63) is 41.2 Å². The van der Waals surface area contributed by atoms with Gasteiger partial charge in [-0.25, -0.2) is 9.97 Å². The topological polar surface area (TPSA) is 67.4 Å². The molecule has 0 saturated heterocycles. The average molecular weight is 335 g/mol. The third-order valence-electron chi connectivity index (χ3n) is 3.36. The zero-order valence-electron chi connectivity index (χ0n) is 13.3. The Morgan fingerprint density at radius 1 is 1.26 bits per heavy atom. The summed E-state index contributed by atoms with van der Waals surface area (Å²) in [5.74, 6) is 0.868. The number of nitrogens with one attached hydrogen (secondary N) is 1. The van der Waals surface area contributed by atoms with Gasteiger partial charge in [-0.1, -0.05) is 11.6 Å². The van der Waals surface area contributed by atoms with E-state index in [1.165, 1.54) is 19.5 Å². The van der Waals surface area contributed by atoms with E-state index >= 15 is 0 Å². The van der Waals surface area contributed by atoms with Gasteiger partial charge >= 0.3 is 0 Å². The van der Waals surface area contributed by atoms with Crippen molar-refractivity contribution in [1.29, 1.82) is 0 Å². The number of benzene rings is 1. The second kappa shape index (κ2) is 7.78. The van der Waals surface area contributed by atoms with Crippen molar-refractivity contribution in [1.82, 2.24) is 9.97 Å². The molecule has 0 aliphatic rings. The Balaban J connectivity index is 2.10. The van der Waals surface area contributed by atoms with Gasteiger partial charge in [-0.05, 0) is 32.0 Å². The normalized spacial score (nSPS) is 10.3. The number of methoxy groups -OCH3 is 1. The van der Waals surface area contributed by atoms with Gasteiger partial charge < -0.3 is 15.0 Å². The Bertz CT molecular complexity index is 672. The molecule has 0 aliphatic carbocycles. The van der Waals surface area contributed by atoms with Gasteiger partial charge in [0.05, 0.1) is 17.7 Å². The molecule has 0 radical (unpaired) electrons. The maximum Gasteiger partial charge on any atom is 0.258 e. The Morgan fingerprint density at radius 2 is 1.91 bits per heavy atom. The smallest absolute Gasteiger partial charge is 0.258 e. The maximum atomic E-state index is 12.2. The van der Waals surface area contributed by atoms with Gasteiger partial charge in [0, 0.05) is 31.2 Å². The van der Waals surface area contributed by atoms with Gasteiger partial charge in [0.25, 0.3) is 5.91 Å². The van der Waals surface area contributed by atoms with Crippen LogP contribution in [0, 0.1) is 0 Å². The molecule has 1 amide bonds. The number of carbonyl (C=O) groups excluding carboxylic acids is 1. The van der Waals surface area contributed by atoms with Gasteiger partial charge in [0.2, 0.25) is 5.95 Å². The van der Waals surface area contributed by atoms with E-state index in [4.69, 9.17) is 16.3 Å². The highest BCUT2D eigenvalue weighted by atomic mass is 35.5. The highest BCUT2D eigenvalue weighted by Crippen LogP contribution is 2.27. The molecule has 23 heavy (non-hydrogen) atoms. The molecule has 7 heteroatoms. The molecular formula is C16H19ClN4O2. The van der Waals surface area contributed by atoms with Crippen LogP contribution in [0.25, 0.3) is 0 Å². The van der Waals surface area contributed by atoms with Gasteiger partial charge in [-0.3, -0.25) is 4.79 Å². The van der Waals surface area contributed by atoms with E-state index in [0.717, 1.165) is 13.1 Å². The van der Waals surface area contributed by atoms with Crippen LogP contribution in [0.5, 0.6) is 5.75 Å². The van der Waals surface area contributed by atoms with Crippen molar-refractivity contribution in [2.24, 2.45) is 0 Å². The van der Waals surface area contributed by atoms with E-state index in [9.17, 15) is 4.79 Å². The highest BCUT2D eigenvalue weighted by Gasteiger charge is 2.11. The molecule has 6 nitrogen and oxygen atoms in total. The summed E-state index contributed by atoms with van der Waals surface area (Å²) in [4.78, 5) is 22.7. The maximum absolute atomic E-state index is 12.2. The van der Waals surface area contributed by atoms with Crippen molar-refractivity contribution < 1.29 is 9.53 Å². The van der Waals surface area contributed by atoms with E-state index in [1.807, 2.05) is 18.7 Å². The first kappa shape index (κ1) is 17.0. The number of rotatable bonds is 6. The zero-order chi connectivity index (χ0) is 16.8. The summed E-state index contributed by atoms with van der Waals surface area (Å²) in [5.41, 5.74) is 0.960. The van der Waals surface area contributed by atoms with Crippen LogP contribution in [-0.4, -0.2) is 36.1 Å². The highest BCUT2D eigenvalue weighted by molar-refractivity contribution is 6.32. The van der Waals surface area contributed by atoms with Crippen molar-refractivity contribution in [2.75, 3.05) is 30.4 Å². The van der Waals surface area contributed by atoms with E-state index in [0.29, 0.717) is 28.0 Å². The van der Waals surface area contributed by atoms with Crippen LogP contribution in [0.4, 0.5) is 11.6 Å². The van der Waals surface area contributed by atoms with Crippen molar-refractivity contribution in [3.8, 4) is 5.75 Å². The predicted octanol–water partition coefficient (Wildman–Crippen LogP) is 3.24. The van der Waals surface area contributed by atoms with E-state index in [-0.39, 0.29) is 5.91 Å². The van der Waals surface area contributed by atoms with Gasteiger partial charge in [-0.2, -0.15) is 0 Å². The molecule has 0 unspecified atom stereocenters. The lowest BCUT2D eigenvalue weighted by atomic mass is 10.2. The standard InChI is InChI=1S/C16H19ClN4O2/c1-4-21(5-2)16-18-9-11(10-19-16)15(22)20-12-6-7-14(23-3)13(17)8-12/h6-10H,4-5H2,1-3H3,(H,20,22). The summed E-state index contributed by atoms with van der Waals surface area (Å²) in [6.07, 6.45) is 3.03. The molecule has 0 bridgehead atoms. The zero-order valence-corrected chi connectivity index (χ0v) is 14.1. The number of amides is 1. The van der Waals surface area contributed by atoms with Crippen LogP contribution < -0.4 is 15.0 Å². The Hall–Kier alpha value is -2.34. The van der Waals surface area contributed by atoms with Crippen LogP contribution in [0.1, 0.15) is 24.2 Å². The quantitative estimate of drug-likeness (QED) is 0.878. The Morgan fingerprint density at radius 3 is 2.43 bits per heavy atom. The molecule has 0 aliphatic heterocycles. The monoisotopic (exact) mass is 334 g/mol. The first-order valence-corrected chi connectivity index (χ1v) is 7.68. The molecule has 0 saturated carbocycles. The molecule has 1 aromatic carbocycles. The minimum absolute atomic E-state index is 0.294. The molecule has 1 aromatic heterocycles. The first-order valence-electron chi connectivity index (χ1n) is 7.30. The van der Waals surface area contributed by atoms with Gasteiger partial charge in [0.1, 0.15) is 5.75 Å². The third-order valence-corrected chi connectivity index (χ3v) is 3.65. The average Bonchev–Trinajstić information content (AvgIpc) is 2.57. The lowest BCUT2D eigenvalue weighted by Gasteiger charge is -2.18. The second-order valence-corrected chi connectivity index (χ2v) is 5.15. The number of ether oxygens (including phenoxy) is 1. The van der Waals surface area contributed by atoms with Gasteiger partial charge in [-0.15, -0.1) is 0 Å². The first-order chi connectivity index (χ1) is 11.1. The summed E-state index contributed by atoms with van der Waals surface area (Å²) in [7, 11) is 1.54. The summed E-state index contributed by atoms with van der Waals surface area (Å²) in [6, 6.07) is 5.04. The number of carbonyl (C=O) groups is 1. The van der Waals surface area contributed by atoms with Crippen LogP contribution in [0.2, 0.25) is 5.02 Å². The Kier molecular flexibility index (Phi) is 5.76. The van der Waals surface area contributed by atoms with E-state index in [2.05, 4.69) is 15.3 Å². The van der Waals surface area contributed by atoms with Crippen LogP contribution in [-0.2, 0) is 0 Å². The fourth-order valence-electron chi connectivity index (χ4n) is 2.06. The molecule has 2 rings (SSSR count).